The molecule has 2 aromatic rings. The van der Waals surface area contributed by atoms with Gasteiger partial charge in [0.1, 0.15) is 6.04 Å². The number of hydrogen-bond acceptors (Lipinski definition) is 3. The fourth-order valence-electron chi connectivity index (χ4n) is 4.48. The average molecular weight is 444 g/mol. The second kappa shape index (κ2) is 9.36. The number of carbonyl (C=O) groups is 2. The third kappa shape index (κ3) is 4.93. The molecule has 1 heterocycles. The van der Waals surface area contributed by atoms with Crippen molar-refractivity contribution < 1.29 is 9.59 Å². The third-order valence-electron chi connectivity index (χ3n) is 6.42. The number of benzene rings is 2. The molecule has 0 saturated carbocycles. The van der Waals surface area contributed by atoms with Gasteiger partial charge in [-0.15, -0.1) is 0 Å². The molecule has 3 N–H and O–H groups in total. The zero-order chi connectivity index (χ0) is 23.6. The fraction of sp³-hybridized carbons (Fsp3) is 0.357. The molecular weight excluding hydrogens is 410 g/mol. The van der Waals surface area contributed by atoms with Crippen molar-refractivity contribution in [3.05, 3.63) is 76.4 Å². The van der Waals surface area contributed by atoms with Gasteiger partial charge in [0.25, 0.3) is 0 Å². The highest BCUT2D eigenvalue weighted by Gasteiger charge is 2.28. The van der Waals surface area contributed by atoms with E-state index in [1.165, 1.54) is 33.4 Å². The molecule has 0 unspecified atom stereocenters. The van der Waals surface area contributed by atoms with Gasteiger partial charge in [0, 0.05) is 25.0 Å². The molecule has 1 aliphatic heterocycles. The highest BCUT2D eigenvalue weighted by Crippen LogP contribution is 2.38. The molecule has 2 amide bonds. The topological polar surface area (TPSA) is 75.4 Å². The van der Waals surface area contributed by atoms with E-state index in [2.05, 4.69) is 66.0 Å². The molecule has 5 nitrogen and oxygen atoms in total. The first-order valence-electron chi connectivity index (χ1n) is 11.7. The molecule has 0 spiro atoms. The summed E-state index contributed by atoms with van der Waals surface area (Å²) >= 11 is 0. The lowest BCUT2D eigenvalue weighted by atomic mass is 9.86. The van der Waals surface area contributed by atoms with Gasteiger partial charge in [0.05, 0.1) is 0 Å². The van der Waals surface area contributed by atoms with Crippen molar-refractivity contribution in [2.75, 3.05) is 19.6 Å². The van der Waals surface area contributed by atoms with Gasteiger partial charge in [-0.25, -0.2) is 0 Å². The zero-order valence-electron chi connectivity index (χ0n) is 19.7. The van der Waals surface area contributed by atoms with Crippen LogP contribution in [0.3, 0.4) is 0 Å². The number of hydrogen-bond donors (Lipinski definition) is 2. The van der Waals surface area contributed by atoms with Crippen molar-refractivity contribution in [1.82, 2.24) is 10.2 Å². The average Bonchev–Trinajstić information content (AvgIpc) is 2.98. The molecule has 0 bridgehead atoms. The van der Waals surface area contributed by atoms with Crippen LogP contribution >= 0.6 is 0 Å². The zero-order valence-corrected chi connectivity index (χ0v) is 19.7. The van der Waals surface area contributed by atoms with Gasteiger partial charge in [0.2, 0.25) is 11.8 Å². The smallest absolute Gasteiger partial charge is 0.241 e. The predicted octanol–water partition coefficient (Wildman–Crippen LogP) is 4.08. The van der Waals surface area contributed by atoms with Crippen molar-refractivity contribution in [2.24, 2.45) is 11.1 Å². The van der Waals surface area contributed by atoms with Crippen molar-refractivity contribution >= 4 is 29.5 Å². The molecule has 4 rings (SSSR count). The summed E-state index contributed by atoms with van der Waals surface area (Å²) in [6, 6.07) is 16.3. The lowest BCUT2D eigenvalue weighted by molar-refractivity contribution is -0.133. The Hall–Kier alpha value is -3.18. The molecule has 1 saturated heterocycles. The number of likely N-dealkylation sites (tertiary alicyclic amines) is 1. The van der Waals surface area contributed by atoms with E-state index in [1.807, 2.05) is 25.7 Å². The Morgan fingerprint density at radius 2 is 1.45 bits per heavy atom. The van der Waals surface area contributed by atoms with Crippen LogP contribution in [-0.4, -0.2) is 42.4 Å². The van der Waals surface area contributed by atoms with Crippen LogP contribution in [0.2, 0.25) is 0 Å². The summed E-state index contributed by atoms with van der Waals surface area (Å²) in [6.45, 7) is 6.95. The van der Waals surface area contributed by atoms with Gasteiger partial charge in [-0.1, -0.05) is 87.0 Å². The Bertz CT molecular complexity index is 1060. The van der Waals surface area contributed by atoms with Crippen LogP contribution in [0, 0.1) is 5.41 Å². The minimum absolute atomic E-state index is 0.100. The largest absolute Gasteiger partial charge is 0.354 e. The van der Waals surface area contributed by atoms with Crippen LogP contribution in [0.1, 0.15) is 55.9 Å². The normalized spacial score (nSPS) is 16.5. The molecule has 5 heteroatoms. The summed E-state index contributed by atoms with van der Waals surface area (Å²) in [6.07, 6.45) is 5.99. The minimum atomic E-state index is -0.728. The monoisotopic (exact) mass is 443 g/mol. The van der Waals surface area contributed by atoms with Gasteiger partial charge in [-0.05, 0) is 40.7 Å². The van der Waals surface area contributed by atoms with Crippen LogP contribution in [0.4, 0.5) is 0 Å². The Morgan fingerprint density at radius 1 is 0.939 bits per heavy atom. The number of piperidine rings is 1. The maximum Gasteiger partial charge on any atom is 0.241 e. The molecule has 1 fully saturated rings. The van der Waals surface area contributed by atoms with Crippen LogP contribution in [0.25, 0.3) is 17.7 Å². The number of rotatable bonds is 3. The Kier molecular flexibility index (Phi) is 6.52. The number of fused-ring (bicyclic) bond motifs is 2. The summed E-state index contributed by atoms with van der Waals surface area (Å²) in [5.74, 6) is -0.202. The van der Waals surface area contributed by atoms with Crippen LogP contribution in [-0.2, 0) is 9.59 Å². The Morgan fingerprint density at radius 3 is 1.97 bits per heavy atom. The number of amides is 2. The predicted molar refractivity (Wildman–Crippen MR) is 134 cm³/mol. The van der Waals surface area contributed by atoms with Crippen molar-refractivity contribution in [2.45, 2.75) is 39.7 Å². The summed E-state index contributed by atoms with van der Waals surface area (Å²) in [5, 5.41) is 2.80. The minimum Gasteiger partial charge on any atom is -0.354 e. The lowest BCUT2D eigenvalue weighted by Gasteiger charge is -2.32. The van der Waals surface area contributed by atoms with E-state index < -0.39 is 11.5 Å². The Labute approximate surface area is 196 Å². The number of carbonyl (C=O) groups excluding carboxylic acids is 2. The standard InChI is InChI=1S/C28H33N3O2/c1-28(2,3)27(33)30-18-24(29)26(32)31-16-14-21(15-17-31)25-22-10-6-4-8-19(22)12-13-20-9-5-7-11-23(20)25/h4-13,24H,14-18,29H2,1-3H3,(H,30,33)/t24-/m1/s1. The van der Waals surface area contributed by atoms with Gasteiger partial charge in [-0.3, -0.25) is 9.59 Å². The first-order chi connectivity index (χ1) is 15.8. The third-order valence-corrected chi connectivity index (χ3v) is 6.42. The maximum absolute atomic E-state index is 12.9. The van der Waals surface area contributed by atoms with E-state index in [-0.39, 0.29) is 18.4 Å². The molecule has 0 radical (unpaired) electrons. The van der Waals surface area contributed by atoms with E-state index >= 15 is 0 Å². The quantitative estimate of drug-likeness (QED) is 0.640. The van der Waals surface area contributed by atoms with Crippen LogP contribution in [0.5, 0.6) is 0 Å². The Balaban J connectivity index is 1.52. The SMILES string of the molecule is CC(C)(C)C(=O)NC[C@@H](N)C(=O)N1CCC(=C2c3ccccc3C=Cc3ccccc32)CC1. The highest BCUT2D eigenvalue weighted by molar-refractivity contribution is 5.95. The summed E-state index contributed by atoms with van der Waals surface area (Å²) in [7, 11) is 0. The van der Waals surface area contributed by atoms with Gasteiger partial charge < -0.3 is 16.0 Å². The number of nitrogens with zero attached hydrogens (tertiary/aromatic N) is 1. The molecule has 33 heavy (non-hydrogen) atoms. The highest BCUT2D eigenvalue weighted by atomic mass is 16.2. The second-order valence-electron chi connectivity index (χ2n) is 9.88. The summed E-state index contributed by atoms with van der Waals surface area (Å²) < 4.78 is 0. The molecule has 1 aliphatic carbocycles. The van der Waals surface area contributed by atoms with Gasteiger partial charge in [0.15, 0.2) is 0 Å². The van der Waals surface area contributed by atoms with E-state index in [0.717, 1.165) is 12.8 Å². The number of nitrogens with one attached hydrogen (secondary N) is 1. The van der Waals surface area contributed by atoms with Crippen LogP contribution in [0.15, 0.2) is 54.1 Å². The lowest BCUT2D eigenvalue weighted by Crippen LogP contribution is -2.52. The van der Waals surface area contributed by atoms with Crippen molar-refractivity contribution in [3.63, 3.8) is 0 Å². The summed E-state index contributed by atoms with van der Waals surface area (Å²) in [5.41, 5.74) is 13.2. The first kappa shape index (κ1) is 23.0. The molecule has 1 atom stereocenters. The second-order valence-corrected chi connectivity index (χ2v) is 9.88. The fourth-order valence-corrected chi connectivity index (χ4v) is 4.48. The summed E-state index contributed by atoms with van der Waals surface area (Å²) in [4.78, 5) is 26.9. The maximum atomic E-state index is 12.9. The molecular formula is C28H33N3O2. The van der Waals surface area contributed by atoms with Crippen molar-refractivity contribution in [3.8, 4) is 0 Å². The molecule has 2 aromatic carbocycles. The van der Waals surface area contributed by atoms with E-state index in [4.69, 9.17) is 5.73 Å². The van der Waals surface area contributed by atoms with Gasteiger partial charge >= 0.3 is 0 Å². The van der Waals surface area contributed by atoms with E-state index in [9.17, 15) is 9.59 Å². The van der Waals surface area contributed by atoms with Gasteiger partial charge in [-0.2, -0.15) is 0 Å². The van der Waals surface area contributed by atoms with E-state index in [0.29, 0.717) is 13.1 Å². The van der Waals surface area contributed by atoms with Crippen LogP contribution < -0.4 is 11.1 Å². The first-order valence-corrected chi connectivity index (χ1v) is 11.7. The number of nitrogens with two attached hydrogens (primary N) is 1. The van der Waals surface area contributed by atoms with Crippen molar-refractivity contribution in [1.29, 1.82) is 0 Å². The molecule has 2 aliphatic rings. The molecule has 172 valence electrons. The molecule has 0 aromatic heterocycles. The van der Waals surface area contributed by atoms with E-state index in [1.54, 1.807) is 0 Å².